The minimum Gasteiger partial charge on any atom is -0.494 e. The lowest BCUT2D eigenvalue weighted by Gasteiger charge is -2.15. The van der Waals surface area contributed by atoms with E-state index in [4.69, 9.17) is 9.47 Å². The molecule has 3 aromatic carbocycles. The third kappa shape index (κ3) is 5.61. The molecule has 154 valence electrons. The molecule has 0 radical (unpaired) electrons. The van der Waals surface area contributed by atoms with E-state index < -0.39 is 17.9 Å². The van der Waals surface area contributed by atoms with Crippen LogP contribution in [-0.2, 0) is 4.79 Å². The standard InChI is InChI=1S/C24H24N2O4/c1-3-29-21-13-15-22(16-14-21)30-17(2)23(27)25-26-24(28)20-11-9-19(10-12-20)18-7-5-4-6-8-18/h4-17H,3H2,1-2H3,(H,25,27)(H,26,28). The molecule has 0 bridgehead atoms. The van der Waals surface area contributed by atoms with Gasteiger partial charge < -0.3 is 9.47 Å². The largest absolute Gasteiger partial charge is 0.494 e. The van der Waals surface area contributed by atoms with Crippen LogP contribution in [0.2, 0.25) is 0 Å². The summed E-state index contributed by atoms with van der Waals surface area (Å²) in [6, 6.07) is 24.0. The third-order valence-electron chi connectivity index (χ3n) is 4.37. The number of benzene rings is 3. The molecule has 0 saturated carbocycles. The summed E-state index contributed by atoms with van der Waals surface area (Å²) in [5.74, 6) is 0.394. The molecule has 2 N–H and O–H groups in total. The quantitative estimate of drug-likeness (QED) is 0.584. The van der Waals surface area contributed by atoms with Crippen molar-refractivity contribution in [2.45, 2.75) is 20.0 Å². The van der Waals surface area contributed by atoms with Gasteiger partial charge in [0.25, 0.3) is 11.8 Å². The van der Waals surface area contributed by atoms with Gasteiger partial charge in [-0.15, -0.1) is 0 Å². The lowest BCUT2D eigenvalue weighted by molar-refractivity contribution is -0.128. The van der Waals surface area contributed by atoms with E-state index in [0.29, 0.717) is 17.9 Å². The molecule has 1 atom stereocenters. The van der Waals surface area contributed by atoms with Crippen molar-refractivity contribution in [3.05, 3.63) is 84.4 Å². The van der Waals surface area contributed by atoms with Gasteiger partial charge in [-0.05, 0) is 61.4 Å². The molecule has 6 heteroatoms. The molecule has 0 aromatic heterocycles. The number of hydrazine groups is 1. The molecular formula is C24H24N2O4. The second-order valence-corrected chi connectivity index (χ2v) is 6.55. The fourth-order valence-corrected chi connectivity index (χ4v) is 2.78. The average Bonchev–Trinajstić information content (AvgIpc) is 2.79. The minimum atomic E-state index is -0.788. The van der Waals surface area contributed by atoms with Gasteiger partial charge in [0.15, 0.2) is 6.10 Å². The normalized spacial score (nSPS) is 11.3. The molecule has 0 spiro atoms. The highest BCUT2D eigenvalue weighted by atomic mass is 16.5. The first-order chi connectivity index (χ1) is 14.6. The maximum atomic E-state index is 12.3. The van der Waals surface area contributed by atoms with Crippen LogP contribution in [0.3, 0.4) is 0 Å². The zero-order chi connectivity index (χ0) is 21.3. The van der Waals surface area contributed by atoms with Crippen molar-refractivity contribution < 1.29 is 19.1 Å². The van der Waals surface area contributed by atoms with Gasteiger partial charge in [0.1, 0.15) is 11.5 Å². The lowest BCUT2D eigenvalue weighted by Crippen LogP contribution is -2.47. The Morgan fingerprint density at radius 2 is 1.40 bits per heavy atom. The van der Waals surface area contributed by atoms with Crippen LogP contribution in [-0.4, -0.2) is 24.5 Å². The van der Waals surface area contributed by atoms with Crippen LogP contribution >= 0.6 is 0 Å². The van der Waals surface area contributed by atoms with Crippen LogP contribution in [0.25, 0.3) is 11.1 Å². The van der Waals surface area contributed by atoms with Crippen molar-refractivity contribution in [2.75, 3.05) is 6.61 Å². The molecule has 6 nitrogen and oxygen atoms in total. The molecule has 0 heterocycles. The highest BCUT2D eigenvalue weighted by Crippen LogP contribution is 2.20. The molecule has 2 amide bonds. The molecule has 0 saturated heterocycles. The summed E-state index contributed by atoms with van der Waals surface area (Å²) in [7, 11) is 0. The van der Waals surface area contributed by atoms with E-state index in [0.717, 1.165) is 16.9 Å². The number of carbonyl (C=O) groups excluding carboxylic acids is 2. The number of ether oxygens (including phenoxy) is 2. The summed E-state index contributed by atoms with van der Waals surface area (Å²) in [6.07, 6.45) is -0.788. The van der Waals surface area contributed by atoms with Gasteiger partial charge in [0.05, 0.1) is 6.61 Å². The number of hydrogen-bond acceptors (Lipinski definition) is 4. The van der Waals surface area contributed by atoms with Crippen LogP contribution in [0.5, 0.6) is 11.5 Å². The zero-order valence-electron chi connectivity index (χ0n) is 16.9. The molecule has 30 heavy (non-hydrogen) atoms. The highest BCUT2D eigenvalue weighted by molar-refractivity contribution is 5.96. The number of amides is 2. The molecule has 0 aliphatic carbocycles. The van der Waals surface area contributed by atoms with Crippen molar-refractivity contribution in [3.63, 3.8) is 0 Å². The molecule has 0 fully saturated rings. The van der Waals surface area contributed by atoms with Crippen molar-refractivity contribution in [2.24, 2.45) is 0 Å². The summed E-state index contributed by atoms with van der Waals surface area (Å²) in [4.78, 5) is 24.5. The number of nitrogens with one attached hydrogen (secondary N) is 2. The van der Waals surface area contributed by atoms with Crippen LogP contribution < -0.4 is 20.3 Å². The minimum absolute atomic E-state index is 0.406. The number of carbonyl (C=O) groups is 2. The van der Waals surface area contributed by atoms with Crippen LogP contribution in [0.15, 0.2) is 78.9 Å². The predicted molar refractivity (Wildman–Crippen MR) is 115 cm³/mol. The Bertz CT molecular complexity index is 970. The SMILES string of the molecule is CCOc1ccc(OC(C)C(=O)NNC(=O)c2ccc(-c3ccccc3)cc2)cc1. The van der Waals surface area contributed by atoms with E-state index in [-0.39, 0.29) is 0 Å². The second-order valence-electron chi connectivity index (χ2n) is 6.55. The van der Waals surface area contributed by atoms with Crippen molar-refractivity contribution >= 4 is 11.8 Å². The Morgan fingerprint density at radius 3 is 2.03 bits per heavy atom. The van der Waals surface area contributed by atoms with Crippen LogP contribution in [0.4, 0.5) is 0 Å². The molecular weight excluding hydrogens is 380 g/mol. The van der Waals surface area contributed by atoms with E-state index in [1.54, 1.807) is 43.3 Å². The van der Waals surface area contributed by atoms with Gasteiger partial charge in [-0.3, -0.25) is 20.4 Å². The van der Waals surface area contributed by atoms with Crippen molar-refractivity contribution in [1.82, 2.24) is 10.9 Å². The van der Waals surface area contributed by atoms with Gasteiger partial charge in [-0.25, -0.2) is 0 Å². The summed E-state index contributed by atoms with van der Waals surface area (Å²) in [5, 5.41) is 0. The topological polar surface area (TPSA) is 76.7 Å². The Labute approximate surface area is 175 Å². The van der Waals surface area contributed by atoms with E-state index in [2.05, 4.69) is 10.9 Å². The molecule has 3 aromatic rings. The van der Waals surface area contributed by atoms with E-state index in [1.807, 2.05) is 49.4 Å². The monoisotopic (exact) mass is 404 g/mol. The second kappa shape index (κ2) is 10.1. The first kappa shape index (κ1) is 20.9. The first-order valence-corrected chi connectivity index (χ1v) is 9.72. The summed E-state index contributed by atoms with van der Waals surface area (Å²) < 4.78 is 11.0. The van der Waals surface area contributed by atoms with Gasteiger partial charge in [0, 0.05) is 5.56 Å². The van der Waals surface area contributed by atoms with Crippen LogP contribution in [0.1, 0.15) is 24.2 Å². The summed E-state index contributed by atoms with van der Waals surface area (Å²) in [6.45, 7) is 4.09. The van der Waals surface area contributed by atoms with Crippen molar-refractivity contribution in [1.29, 1.82) is 0 Å². The van der Waals surface area contributed by atoms with Gasteiger partial charge in [-0.1, -0.05) is 42.5 Å². The van der Waals surface area contributed by atoms with Crippen LogP contribution in [0, 0.1) is 0 Å². The summed E-state index contributed by atoms with van der Waals surface area (Å²) >= 11 is 0. The fourth-order valence-electron chi connectivity index (χ4n) is 2.78. The smallest absolute Gasteiger partial charge is 0.279 e. The number of rotatable bonds is 7. The van der Waals surface area contributed by atoms with Crippen molar-refractivity contribution in [3.8, 4) is 22.6 Å². The maximum Gasteiger partial charge on any atom is 0.279 e. The van der Waals surface area contributed by atoms with Gasteiger partial charge in [0.2, 0.25) is 0 Å². The zero-order valence-corrected chi connectivity index (χ0v) is 16.9. The lowest BCUT2D eigenvalue weighted by atomic mass is 10.0. The first-order valence-electron chi connectivity index (χ1n) is 9.72. The molecule has 1 unspecified atom stereocenters. The Morgan fingerprint density at radius 1 is 0.800 bits per heavy atom. The number of hydrogen-bond donors (Lipinski definition) is 2. The summed E-state index contributed by atoms with van der Waals surface area (Å²) in [5.41, 5.74) is 7.32. The van der Waals surface area contributed by atoms with E-state index in [9.17, 15) is 9.59 Å². The van der Waals surface area contributed by atoms with E-state index in [1.165, 1.54) is 0 Å². The third-order valence-corrected chi connectivity index (χ3v) is 4.37. The highest BCUT2D eigenvalue weighted by Gasteiger charge is 2.16. The Kier molecular flexibility index (Phi) is 7.05. The molecule has 0 aliphatic rings. The average molecular weight is 404 g/mol. The van der Waals surface area contributed by atoms with E-state index >= 15 is 0 Å². The fraction of sp³-hybridized carbons (Fsp3) is 0.167. The predicted octanol–water partition coefficient (Wildman–Crippen LogP) is 3.98. The Hall–Kier alpha value is -3.80. The molecule has 0 aliphatic heterocycles. The maximum absolute atomic E-state index is 12.3. The van der Waals surface area contributed by atoms with Gasteiger partial charge >= 0.3 is 0 Å². The molecule has 3 rings (SSSR count). The van der Waals surface area contributed by atoms with Gasteiger partial charge in [-0.2, -0.15) is 0 Å². The Balaban J connectivity index is 1.50.